The van der Waals surface area contributed by atoms with Gasteiger partial charge in [0.2, 0.25) is 5.91 Å². The van der Waals surface area contributed by atoms with Crippen LogP contribution < -0.4 is 0 Å². The molecular formula is C17H20N2OS2. The second kappa shape index (κ2) is 7.79. The Hall–Kier alpha value is -1.33. The van der Waals surface area contributed by atoms with Gasteiger partial charge in [-0.15, -0.1) is 23.1 Å². The number of hydrogen-bond donors (Lipinski definition) is 0. The van der Waals surface area contributed by atoms with Crippen molar-refractivity contribution in [2.24, 2.45) is 5.92 Å². The van der Waals surface area contributed by atoms with Crippen molar-refractivity contribution in [3.05, 3.63) is 46.9 Å². The summed E-state index contributed by atoms with van der Waals surface area (Å²) < 4.78 is 0. The number of thiazole rings is 1. The number of hydrogen-bond acceptors (Lipinski definition) is 4. The zero-order chi connectivity index (χ0) is 15.2. The Kier molecular flexibility index (Phi) is 5.51. The van der Waals surface area contributed by atoms with E-state index in [4.69, 9.17) is 0 Å². The molecule has 1 atom stereocenters. The maximum atomic E-state index is 12.3. The number of aromatic nitrogens is 1. The van der Waals surface area contributed by atoms with Gasteiger partial charge in [-0.05, 0) is 30.9 Å². The molecule has 0 aliphatic carbocycles. The Morgan fingerprint density at radius 3 is 3.00 bits per heavy atom. The van der Waals surface area contributed by atoms with Crippen LogP contribution in [0.5, 0.6) is 0 Å². The summed E-state index contributed by atoms with van der Waals surface area (Å²) >= 11 is 3.49. The first-order valence-electron chi connectivity index (χ1n) is 7.64. The highest BCUT2D eigenvalue weighted by Crippen LogP contribution is 2.26. The molecule has 116 valence electrons. The minimum Gasteiger partial charge on any atom is -0.342 e. The van der Waals surface area contributed by atoms with Crippen molar-refractivity contribution >= 4 is 29.0 Å². The van der Waals surface area contributed by atoms with Crippen LogP contribution >= 0.6 is 23.1 Å². The Labute approximate surface area is 139 Å². The van der Waals surface area contributed by atoms with Crippen LogP contribution in [0.2, 0.25) is 0 Å². The number of likely N-dealkylation sites (tertiary alicyclic amines) is 1. The van der Waals surface area contributed by atoms with E-state index >= 15 is 0 Å². The Morgan fingerprint density at radius 2 is 2.23 bits per heavy atom. The first-order chi connectivity index (χ1) is 10.8. The highest BCUT2D eigenvalue weighted by atomic mass is 32.2. The van der Waals surface area contributed by atoms with Crippen molar-refractivity contribution in [1.82, 2.24) is 9.88 Å². The van der Waals surface area contributed by atoms with Crippen LogP contribution in [0.4, 0.5) is 0 Å². The quantitative estimate of drug-likeness (QED) is 0.756. The summed E-state index contributed by atoms with van der Waals surface area (Å²) in [7, 11) is 0. The van der Waals surface area contributed by atoms with Gasteiger partial charge in [-0.3, -0.25) is 4.79 Å². The molecule has 1 aliphatic rings. The Morgan fingerprint density at radius 1 is 1.36 bits per heavy atom. The lowest BCUT2D eigenvalue weighted by atomic mass is 10.2. The molecule has 1 fully saturated rings. The van der Waals surface area contributed by atoms with Gasteiger partial charge in [-0.2, -0.15) is 0 Å². The number of aryl methyl sites for hydroxylation is 1. The fraction of sp³-hybridized carbons (Fsp3) is 0.412. The van der Waals surface area contributed by atoms with Crippen LogP contribution in [0.25, 0.3) is 0 Å². The Bertz CT molecular complexity index is 586. The van der Waals surface area contributed by atoms with E-state index in [-0.39, 0.29) is 5.91 Å². The highest BCUT2D eigenvalue weighted by molar-refractivity contribution is 7.99. The summed E-state index contributed by atoms with van der Waals surface area (Å²) in [5, 5.41) is 2.02. The van der Waals surface area contributed by atoms with Crippen molar-refractivity contribution in [2.45, 2.75) is 24.2 Å². The number of benzene rings is 1. The van der Waals surface area contributed by atoms with E-state index in [2.05, 4.69) is 29.2 Å². The van der Waals surface area contributed by atoms with Crippen LogP contribution in [0.1, 0.15) is 18.5 Å². The molecule has 1 aliphatic heterocycles. The first-order valence-corrected chi connectivity index (χ1v) is 9.57. The molecule has 1 aromatic heterocycles. The van der Waals surface area contributed by atoms with E-state index in [0.717, 1.165) is 37.4 Å². The fourth-order valence-corrected chi connectivity index (χ4v) is 4.32. The van der Waals surface area contributed by atoms with Crippen molar-refractivity contribution < 1.29 is 4.79 Å². The van der Waals surface area contributed by atoms with E-state index in [9.17, 15) is 4.79 Å². The number of carbonyl (C=O) groups excluding carboxylic acids is 1. The number of thioether (sulfide) groups is 1. The third-order valence-corrected chi connectivity index (χ3v) is 5.82. The topological polar surface area (TPSA) is 33.2 Å². The monoisotopic (exact) mass is 332 g/mol. The van der Waals surface area contributed by atoms with Gasteiger partial charge >= 0.3 is 0 Å². The van der Waals surface area contributed by atoms with Gasteiger partial charge in [0.25, 0.3) is 0 Å². The van der Waals surface area contributed by atoms with Gasteiger partial charge in [-0.1, -0.05) is 18.2 Å². The lowest BCUT2D eigenvalue weighted by molar-refractivity contribution is -0.130. The SMILES string of the molecule is O=C(CCc1cscn1)N1CC[C@H](CSc2ccccc2)C1. The standard InChI is InChI=1S/C17H20N2OS2/c20-17(7-6-15-12-21-13-18-15)19-9-8-14(10-19)11-22-16-4-2-1-3-5-16/h1-5,12-14H,6-11H2/t14-/m0/s1. The third-order valence-electron chi connectivity index (χ3n) is 3.95. The summed E-state index contributed by atoms with van der Waals surface area (Å²) in [4.78, 5) is 19.8. The number of amides is 1. The predicted molar refractivity (Wildman–Crippen MR) is 92.3 cm³/mol. The van der Waals surface area contributed by atoms with Gasteiger partial charge in [0.1, 0.15) is 0 Å². The molecule has 5 heteroatoms. The van der Waals surface area contributed by atoms with E-state index < -0.39 is 0 Å². The smallest absolute Gasteiger partial charge is 0.222 e. The summed E-state index contributed by atoms with van der Waals surface area (Å²) in [6, 6.07) is 10.5. The summed E-state index contributed by atoms with van der Waals surface area (Å²) in [6.45, 7) is 1.83. The number of rotatable bonds is 6. The molecule has 3 nitrogen and oxygen atoms in total. The van der Waals surface area contributed by atoms with Crippen LogP contribution in [0, 0.1) is 5.92 Å². The zero-order valence-electron chi connectivity index (χ0n) is 12.5. The second-order valence-corrected chi connectivity index (χ2v) is 7.41. The van der Waals surface area contributed by atoms with Gasteiger partial charge in [0.15, 0.2) is 0 Å². The van der Waals surface area contributed by atoms with Crippen molar-refractivity contribution in [3.63, 3.8) is 0 Å². The van der Waals surface area contributed by atoms with Crippen LogP contribution in [-0.4, -0.2) is 34.6 Å². The van der Waals surface area contributed by atoms with Gasteiger partial charge in [0, 0.05) is 35.5 Å². The van der Waals surface area contributed by atoms with E-state index in [0.29, 0.717) is 12.3 Å². The molecule has 0 radical (unpaired) electrons. The van der Waals surface area contributed by atoms with Gasteiger partial charge in [0.05, 0.1) is 11.2 Å². The molecule has 2 aromatic rings. The Balaban J connectivity index is 1.40. The molecule has 1 saturated heterocycles. The lowest BCUT2D eigenvalue weighted by Gasteiger charge is -2.16. The zero-order valence-corrected chi connectivity index (χ0v) is 14.1. The molecule has 2 heterocycles. The summed E-state index contributed by atoms with van der Waals surface area (Å²) in [6.07, 6.45) is 2.48. The molecule has 0 unspecified atom stereocenters. The average Bonchev–Trinajstić information content (AvgIpc) is 3.23. The van der Waals surface area contributed by atoms with Crippen molar-refractivity contribution in [1.29, 1.82) is 0 Å². The number of carbonyl (C=O) groups is 1. The highest BCUT2D eigenvalue weighted by Gasteiger charge is 2.25. The molecular weight excluding hydrogens is 312 g/mol. The van der Waals surface area contributed by atoms with E-state index in [1.165, 1.54) is 4.90 Å². The predicted octanol–water partition coefficient (Wildman–Crippen LogP) is 3.72. The van der Waals surface area contributed by atoms with Crippen LogP contribution in [0.3, 0.4) is 0 Å². The minimum atomic E-state index is 0.278. The molecule has 1 aromatic carbocycles. The molecule has 1 amide bonds. The molecule has 22 heavy (non-hydrogen) atoms. The maximum absolute atomic E-state index is 12.3. The fourth-order valence-electron chi connectivity index (χ4n) is 2.68. The van der Waals surface area contributed by atoms with Gasteiger partial charge in [-0.25, -0.2) is 4.98 Å². The molecule has 0 N–H and O–H groups in total. The van der Waals surface area contributed by atoms with E-state index in [1.807, 2.05) is 33.6 Å². The van der Waals surface area contributed by atoms with Gasteiger partial charge < -0.3 is 4.90 Å². The molecule has 0 bridgehead atoms. The summed E-state index contributed by atoms with van der Waals surface area (Å²) in [5.74, 6) is 1.99. The second-order valence-electron chi connectivity index (χ2n) is 5.60. The molecule has 3 rings (SSSR count). The first kappa shape index (κ1) is 15.6. The number of nitrogens with zero attached hydrogens (tertiary/aromatic N) is 2. The van der Waals surface area contributed by atoms with Crippen LogP contribution in [-0.2, 0) is 11.2 Å². The lowest BCUT2D eigenvalue weighted by Crippen LogP contribution is -2.29. The minimum absolute atomic E-state index is 0.278. The third kappa shape index (κ3) is 4.34. The maximum Gasteiger partial charge on any atom is 0.222 e. The van der Waals surface area contributed by atoms with Crippen molar-refractivity contribution in [3.8, 4) is 0 Å². The van der Waals surface area contributed by atoms with Crippen LogP contribution in [0.15, 0.2) is 46.1 Å². The normalized spacial score (nSPS) is 17.8. The van der Waals surface area contributed by atoms with E-state index in [1.54, 1.807) is 11.3 Å². The largest absolute Gasteiger partial charge is 0.342 e. The molecule has 0 saturated carbocycles. The molecule has 0 spiro atoms. The summed E-state index contributed by atoms with van der Waals surface area (Å²) in [5.41, 5.74) is 2.86. The van der Waals surface area contributed by atoms with Crippen molar-refractivity contribution in [2.75, 3.05) is 18.8 Å². The average molecular weight is 332 g/mol.